The third-order valence-electron chi connectivity index (χ3n) is 3.25. The molecule has 0 radical (unpaired) electrons. The van der Waals surface area contributed by atoms with Gasteiger partial charge in [-0.05, 0) is 29.8 Å². The Balaban J connectivity index is 1.82. The zero-order valence-corrected chi connectivity index (χ0v) is 12.1. The van der Waals surface area contributed by atoms with Crippen LogP contribution in [0.5, 0.6) is 5.75 Å². The SMILES string of the molecule is COc1cccc(C(N)Cc2nc3ccccc3s2)c1. The predicted molar refractivity (Wildman–Crippen MR) is 83.2 cm³/mol. The number of methoxy groups -OCH3 is 1. The molecule has 0 aliphatic carbocycles. The molecule has 0 fully saturated rings. The van der Waals surface area contributed by atoms with Crippen molar-refractivity contribution >= 4 is 21.6 Å². The molecule has 0 bridgehead atoms. The van der Waals surface area contributed by atoms with Gasteiger partial charge in [0.05, 0.1) is 22.3 Å². The van der Waals surface area contributed by atoms with Crippen LogP contribution in [0.25, 0.3) is 10.2 Å². The predicted octanol–water partition coefficient (Wildman–Crippen LogP) is 3.55. The van der Waals surface area contributed by atoms with Gasteiger partial charge in [-0.1, -0.05) is 24.3 Å². The smallest absolute Gasteiger partial charge is 0.119 e. The molecule has 0 aliphatic rings. The van der Waals surface area contributed by atoms with E-state index in [-0.39, 0.29) is 6.04 Å². The number of ether oxygens (including phenoxy) is 1. The van der Waals surface area contributed by atoms with Crippen LogP contribution in [-0.2, 0) is 6.42 Å². The standard InChI is InChI=1S/C16H16N2OS/c1-19-12-6-4-5-11(9-12)13(17)10-16-18-14-7-2-3-8-15(14)20-16/h2-9,13H,10,17H2,1H3. The second kappa shape index (κ2) is 5.61. The molecule has 3 aromatic rings. The number of hydrogen-bond donors (Lipinski definition) is 1. The Morgan fingerprint density at radius 3 is 2.85 bits per heavy atom. The van der Waals surface area contributed by atoms with Crippen molar-refractivity contribution in [2.45, 2.75) is 12.5 Å². The van der Waals surface area contributed by atoms with Crippen molar-refractivity contribution < 1.29 is 4.74 Å². The number of nitrogens with two attached hydrogens (primary N) is 1. The third-order valence-corrected chi connectivity index (χ3v) is 4.31. The van der Waals surface area contributed by atoms with Crippen molar-refractivity contribution in [1.82, 2.24) is 4.98 Å². The van der Waals surface area contributed by atoms with Gasteiger partial charge in [-0.2, -0.15) is 0 Å². The molecule has 0 saturated heterocycles. The largest absolute Gasteiger partial charge is 0.497 e. The maximum atomic E-state index is 6.28. The number of rotatable bonds is 4. The average molecular weight is 284 g/mol. The van der Waals surface area contributed by atoms with Gasteiger partial charge in [0.2, 0.25) is 0 Å². The number of aromatic nitrogens is 1. The molecule has 0 spiro atoms. The minimum absolute atomic E-state index is 0.0642. The van der Waals surface area contributed by atoms with Crippen molar-refractivity contribution in [3.63, 3.8) is 0 Å². The monoisotopic (exact) mass is 284 g/mol. The Labute approximate surface area is 122 Å². The number of para-hydroxylation sites is 1. The lowest BCUT2D eigenvalue weighted by atomic mass is 10.0. The van der Waals surface area contributed by atoms with Crippen LogP contribution >= 0.6 is 11.3 Å². The van der Waals surface area contributed by atoms with Crippen LogP contribution in [0.1, 0.15) is 16.6 Å². The molecule has 2 N–H and O–H groups in total. The summed E-state index contributed by atoms with van der Waals surface area (Å²) in [6, 6.07) is 16.0. The van der Waals surface area contributed by atoms with E-state index >= 15 is 0 Å². The van der Waals surface area contributed by atoms with E-state index in [1.807, 2.05) is 42.5 Å². The molecule has 1 atom stereocenters. The molecule has 0 amide bonds. The fraction of sp³-hybridized carbons (Fsp3) is 0.188. The van der Waals surface area contributed by atoms with Gasteiger partial charge in [0.15, 0.2) is 0 Å². The Hall–Kier alpha value is -1.91. The van der Waals surface area contributed by atoms with E-state index in [0.717, 1.165) is 28.3 Å². The highest BCUT2D eigenvalue weighted by Gasteiger charge is 2.11. The molecule has 1 heterocycles. The van der Waals surface area contributed by atoms with Gasteiger partial charge < -0.3 is 10.5 Å². The molecule has 3 rings (SSSR count). The van der Waals surface area contributed by atoms with Crippen LogP contribution in [0.2, 0.25) is 0 Å². The van der Waals surface area contributed by atoms with Crippen molar-refractivity contribution in [1.29, 1.82) is 0 Å². The van der Waals surface area contributed by atoms with E-state index in [9.17, 15) is 0 Å². The van der Waals surface area contributed by atoms with Crippen LogP contribution in [0.15, 0.2) is 48.5 Å². The van der Waals surface area contributed by atoms with Crippen LogP contribution in [0, 0.1) is 0 Å². The molecule has 4 heteroatoms. The maximum Gasteiger partial charge on any atom is 0.119 e. The summed E-state index contributed by atoms with van der Waals surface area (Å²) in [6.07, 6.45) is 0.743. The molecule has 1 unspecified atom stereocenters. The van der Waals surface area contributed by atoms with Crippen molar-refractivity contribution in [3.05, 3.63) is 59.1 Å². The summed E-state index contributed by atoms with van der Waals surface area (Å²) in [6.45, 7) is 0. The van der Waals surface area contributed by atoms with Gasteiger partial charge in [0, 0.05) is 12.5 Å². The van der Waals surface area contributed by atoms with Gasteiger partial charge >= 0.3 is 0 Å². The Kier molecular flexibility index (Phi) is 3.67. The summed E-state index contributed by atoms with van der Waals surface area (Å²) < 4.78 is 6.44. The van der Waals surface area contributed by atoms with Crippen LogP contribution in [0.4, 0.5) is 0 Å². The summed E-state index contributed by atoms with van der Waals surface area (Å²) in [5, 5.41) is 1.07. The van der Waals surface area contributed by atoms with Crippen LogP contribution < -0.4 is 10.5 Å². The maximum absolute atomic E-state index is 6.28. The highest BCUT2D eigenvalue weighted by atomic mass is 32.1. The topological polar surface area (TPSA) is 48.1 Å². The summed E-state index contributed by atoms with van der Waals surface area (Å²) in [4.78, 5) is 4.63. The third kappa shape index (κ3) is 2.66. The fourth-order valence-corrected chi connectivity index (χ4v) is 3.21. The van der Waals surface area contributed by atoms with E-state index in [0.29, 0.717) is 0 Å². The van der Waals surface area contributed by atoms with Crippen LogP contribution in [-0.4, -0.2) is 12.1 Å². The first kappa shape index (κ1) is 13.1. The lowest BCUT2D eigenvalue weighted by Gasteiger charge is -2.11. The minimum Gasteiger partial charge on any atom is -0.497 e. The quantitative estimate of drug-likeness (QED) is 0.797. The zero-order valence-electron chi connectivity index (χ0n) is 11.2. The summed E-state index contributed by atoms with van der Waals surface area (Å²) in [5.41, 5.74) is 8.40. The van der Waals surface area contributed by atoms with Gasteiger partial charge in [-0.15, -0.1) is 11.3 Å². The van der Waals surface area contributed by atoms with Gasteiger partial charge in [0.25, 0.3) is 0 Å². The van der Waals surface area contributed by atoms with E-state index in [1.54, 1.807) is 18.4 Å². The zero-order chi connectivity index (χ0) is 13.9. The first-order chi connectivity index (χ1) is 9.76. The van der Waals surface area contributed by atoms with Crippen LogP contribution in [0.3, 0.4) is 0 Å². The number of hydrogen-bond acceptors (Lipinski definition) is 4. The van der Waals surface area contributed by atoms with Gasteiger partial charge in [-0.3, -0.25) is 0 Å². The average Bonchev–Trinajstić information content (AvgIpc) is 2.89. The molecule has 1 aromatic heterocycles. The summed E-state index contributed by atoms with van der Waals surface area (Å²) >= 11 is 1.71. The number of benzene rings is 2. The second-order valence-corrected chi connectivity index (χ2v) is 5.78. The van der Waals surface area contributed by atoms with Crippen molar-refractivity contribution in [2.24, 2.45) is 5.73 Å². The number of fused-ring (bicyclic) bond motifs is 1. The van der Waals surface area contributed by atoms with E-state index in [1.165, 1.54) is 4.70 Å². The molecule has 0 saturated carbocycles. The highest BCUT2D eigenvalue weighted by molar-refractivity contribution is 7.18. The van der Waals surface area contributed by atoms with Crippen molar-refractivity contribution in [2.75, 3.05) is 7.11 Å². The highest BCUT2D eigenvalue weighted by Crippen LogP contribution is 2.26. The second-order valence-electron chi connectivity index (χ2n) is 4.66. The van der Waals surface area contributed by atoms with E-state index in [2.05, 4.69) is 11.1 Å². The number of thiazole rings is 1. The lowest BCUT2D eigenvalue weighted by molar-refractivity contribution is 0.414. The Bertz CT molecular complexity index is 690. The first-order valence-corrected chi connectivity index (χ1v) is 7.32. The lowest BCUT2D eigenvalue weighted by Crippen LogP contribution is -2.13. The van der Waals surface area contributed by atoms with Crippen molar-refractivity contribution in [3.8, 4) is 5.75 Å². The number of nitrogens with zero attached hydrogens (tertiary/aromatic N) is 1. The minimum atomic E-state index is -0.0642. The molecule has 0 aliphatic heterocycles. The van der Waals surface area contributed by atoms with E-state index in [4.69, 9.17) is 10.5 Å². The molecular weight excluding hydrogens is 268 g/mol. The van der Waals surface area contributed by atoms with Gasteiger partial charge in [-0.25, -0.2) is 4.98 Å². The first-order valence-electron chi connectivity index (χ1n) is 6.50. The van der Waals surface area contributed by atoms with Gasteiger partial charge in [0.1, 0.15) is 5.75 Å². The normalized spacial score (nSPS) is 12.5. The molecule has 2 aromatic carbocycles. The van der Waals surface area contributed by atoms with E-state index < -0.39 is 0 Å². The molecule has 102 valence electrons. The summed E-state index contributed by atoms with van der Waals surface area (Å²) in [5.74, 6) is 0.835. The Morgan fingerprint density at radius 2 is 2.05 bits per heavy atom. The Morgan fingerprint density at radius 1 is 1.20 bits per heavy atom. The summed E-state index contributed by atoms with van der Waals surface area (Å²) in [7, 11) is 1.66. The molecule has 3 nitrogen and oxygen atoms in total. The fourth-order valence-electron chi connectivity index (χ4n) is 2.19. The molecular formula is C16H16N2OS. The molecule has 20 heavy (non-hydrogen) atoms.